The number of amides is 3. The third-order valence-corrected chi connectivity index (χ3v) is 7.91. The number of carbonyl (C=O) groups is 2. The van der Waals surface area contributed by atoms with Crippen LogP contribution in [0.5, 0.6) is 5.88 Å². The molecule has 0 saturated carbocycles. The van der Waals surface area contributed by atoms with E-state index < -0.39 is 18.2 Å². The van der Waals surface area contributed by atoms with Gasteiger partial charge in [-0.1, -0.05) is 77.1 Å². The van der Waals surface area contributed by atoms with E-state index in [0.29, 0.717) is 18.5 Å². The van der Waals surface area contributed by atoms with Gasteiger partial charge in [-0.25, -0.2) is 9.79 Å². The molecule has 1 N–H and O–H groups in total. The van der Waals surface area contributed by atoms with Crippen molar-refractivity contribution in [2.75, 3.05) is 13.6 Å². The normalized spacial score (nSPS) is 19.5. The Balaban J connectivity index is 1.49. The van der Waals surface area contributed by atoms with Crippen LogP contribution in [-0.4, -0.2) is 68.1 Å². The van der Waals surface area contributed by atoms with Gasteiger partial charge in [-0.15, -0.1) is 10.2 Å². The number of halogens is 1. The van der Waals surface area contributed by atoms with Crippen LogP contribution in [0.3, 0.4) is 0 Å². The molecule has 10 nitrogen and oxygen atoms in total. The van der Waals surface area contributed by atoms with Crippen LogP contribution in [-0.2, 0) is 17.9 Å². The van der Waals surface area contributed by atoms with Gasteiger partial charge >= 0.3 is 6.03 Å². The Labute approximate surface area is 252 Å². The van der Waals surface area contributed by atoms with E-state index in [-0.39, 0.29) is 30.0 Å². The summed E-state index contributed by atoms with van der Waals surface area (Å²) in [5.41, 5.74) is 2.80. The molecule has 2 aromatic carbocycles. The number of azo groups is 1. The molecule has 0 radical (unpaired) electrons. The van der Waals surface area contributed by atoms with Gasteiger partial charge in [-0.2, -0.15) is 0 Å². The highest BCUT2D eigenvalue weighted by molar-refractivity contribution is 9.10. The maximum atomic E-state index is 13.7. The number of urea groups is 1. The van der Waals surface area contributed by atoms with Crippen molar-refractivity contribution in [3.05, 3.63) is 95.0 Å². The number of hydrogen-bond acceptors (Lipinski definition) is 7. The monoisotopic (exact) mass is 629 g/mol. The van der Waals surface area contributed by atoms with Crippen molar-refractivity contribution in [2.24, 2.45) is 15.2 Å². The molecule has 1 aromatic heterocycles. The van der Waals surface area contributed by atoms with Gasteiger partial charge in [0.25, 0.3) is 5.91 Å². The third kappa shape index (κ3) is 5.27. The van der Waals surface area contributed by atoms with E-state index in [4.69, 9.17) is 0 Å². The number of allylic oxidation sites excluding steroid dienone is 5. The summed E-state index contributed by atoms with van der Waals surface area (Å²) in [7, 11) is 1.64. The summed E-state index contributed by atoms with van der Waals surface area (Å²) in [6, 6.07) is 13.9. The van der Waals surface area contributed by atoms with Crippen LogP contribution in [0.4, 0.5) is 10.5 Å². The van der Waals surface area contributed by atoms with Gasteiger partial charge in [0.05, 0.1) is 18.6 Å². The van der Waals surface area contributed by atoms with Crippen molar-refractivity contribution in [2.45, 2.75) is 39.1 Å². The second kappa shape index (κ2) is 12.2. The fourth-order valence-electron chi connectivity index (χ4n) is 5.23. The molecular weight excluding hydrogens is 598 g/mol. The summed E-state index contributed by atoms with van der Waals surface area (Å²) in [5, 5.41) is 20.9. The van der Waals surface area contributed by atoms with Crippen LogP contribution in [0.1, 0.15) is 19.4 Å². The lowest BCUT2D eigenvalue weighted by Crippen LogP contribution is -2.64. The molecule has 0 bridgehead atoms. The summed E-state index contributed by atoms with van der Waals surface area (Å²) < 4.78 is 2.57. The van der Waals surface area contributed by atoms with Gasteiger partial charge in [-0.05, 0) is 43.2 Å². The first kappa shape index (κ1) is 29.0. The first-order valence-electron chi connectivity index (χ1n) is 13.6. The summed E-state index contributed by atoms with van der Waals surface area (Å²) >= 11 is 3.52. The van der Waals surface area contributed by atoms with Crippen LogP contribution in [0.2, 0.25) is 0 Å². The number of guanidine groups is 1. The zero-order valence-electron chi connectivity index (χ0n) is 23.7. The smallest absolute Gasteiger partial charge is 0.328 e. The fraction of sp³-hybridized carbons (Fsp3) is 0.258. The number of aromatic nitrogens is 1. The van der Waals surface area contributed by atoms with Crippen molar-refractivity contribution >= 4 is 50.4 Å². The number of nitrogens with zero attached hydrogens (tertiary/aromatic N) is 7. The molecule has 2 unspecified atom stereocenters. The van der Waals surface area contributed by atoms with Crippen molar-refractivity contribution in [1.82, 2.24) is 19.3 Å². The Morgan fingerprint density at radius 1 is 1.17 bits per heavy atom. The molecule has 2 atom stereocenters. The number of imide groups is 1. The van der Waals surface area contributed by atoms with Gasteiger partial charge < -0.3 is 19.5 Å². The molecular formula is C31H32BrN7O3. The maximum absolute atomic E-state index is 13.7. The third-order valence-electron chi connectivity index (χ3n) is 7.41. The lowest BCUT2D eigenvalue weighted by atomic mass is 10.1. The number of rotatable bonds is 8. The fourth-order valence-corrected chi connectivity index (χ4v) is 5.60. The second-order valence-corrected chi connectivity index (χ2v) is 10.9. The highest BCUT2D eigenvalue weighted by Gasteiger charge is 2.51. The first-order valence-corrected chi connectivity index (χ1v) is 14.4. The van der Waals surface area contributed by atoms with Gasteiger partial charge in [-0.3, -0.25) is 9.69 Å². The van der Waals surface area contributed by atoms with E-state index in [1.165, 1.54) is 9.80 Å². The number of carbonyl (C=O) groups excluding carboxylic acids is 2. The van der Waals surface area contributed by atoms with Crippen molar-refractivity contribution in [1.29, 1.82) is 0 Å². The molecule has 1 fully saturated rings. The summed E-state index contributed by atoms with van der Waals surface area (Å²) in [5.74, 6) is -0.176. The quantitative estimate of drug-likeness (QED) is 0.231. The van der Waals surface area contributed by atoms with E-state index in [0.717, 1.165) is 21.1 Å². The molecule has 0 spiro atoms. The van der Waals surface area contributed by atoms with Gasteiger partial charge in [0.15, 0.2) is 17.9 Å². The Morgan fingerprint density at radius 2 is 1.93 bits per heavy atom. The van der Waals surface area contributed by atoms with Crippen LogP contribution >= 0.6 is 15.9 Å². The molecule has 2 aliphatic rings. The standard InChI is InChI=1S/C31H32BrN7O3/c1-5-8-12-20(6-2)18-38-24-16-15-22(32)17-23(24)25(28(38)40)34-35-30-33-27-26(37(30)7-3)29(41)39(31(42)36(27)4)19-21-13-10-9-11-14-21/h5-6,8-17,26-27,40H,2,7,18-19H2,1,3-4H3/b8-5-,20-12+,35-34?. The Hall–Kier alpha value is -4.51. The highest BCUT2D eigenvalue weighted by Crippen LogP contribution is 2.41. The number of likely N-dealkylation sites (N-methyl/N-ethyl adjacent to an activating group) is 2. The number of benzene rings is 2. The lowest BCUT2D eigenvalue weighted by Gasteiger charge is -2.40. The largest absolute Gasteiger partial charge is 0.493 e. The molecule has 5 rings (SSSR count). The molecule has 11 heteroatoms. The minimum absolute atomic E-state index is 0.0588. The number of aliphatic imine (C=N–C) groups is 1. The first-order chi connectivity index (χ1) is 20.3. The maximum Gasteiger partial charge on any atom is 0.328 e. The topological polar surface area (TPSA) is 106 Å². The van der Waals surface area contributed by atoms with E-state index in [2.05, 4.69) is 37.7 Å². The Bertz CT molecular complexity index is 1660. The predicted molar refractivity (Wildman–Crippen MR) is 166 cm³/mol. The zero-order valence-corrected chi connectivity index (χ0v) is 25.3. The summed E-state index contributed by atoms with van der Waals surface area (Å²) in [4.78, 5) is 36.0. The predicted octanol–water partition coefficient (Wildman–Crippen LogP) is 6.36. The molecule has 1 saturated heterocycles. The van der Waals surface area contributed by atoms with Gasteiger partial charge in [0.2, 0.25) is 11.8 Å². The van der Waals surface area contributed by atoms with E-state index >= 15 is 0 Å². The van der Waals surface area contributed by atoms with Crippen molar-refractivity contribution < 1.29 is 14.7 Å². The van der Waals surface area contributed by atoms with Crippen LogP contribution in [0, 0.1) is 0 Å². The minimum atomic E-state index is -0.734. The molecule has 216 valence electrons. The van der Waals surface area contributed by atoms with E-state index in [9.17, 15) is 14.7 Å². The summed E-state index contributed by atoms with van der Waals surface area (Å²) in [6.45, 7) is 8.69. The molecule has 2 aliphatic heterocycles. The molecule has 3 aromatic rings. The number of fused-ring (bicyclic) bond motifs is 2. The van der Waals surface area contributed by atoms with Crippen LogP contribution in [0.15, 0.2) is 105 Å². The van der Waals surface area contributed by atoms with E-state index in [1.807, 2.05) is 80.6 Å². The highest BCUT2D eigenvalue weighted by atomic mass is 79.9. The van der Waals surface area contributed by atoms with E-state index in [1.54, 1.807) is 22.6 Å². The van der Waals surface area contributed by atoms with Gasteiger partial charge in [0, 0.05) is 23.5 Å². The average molecular weight is 631 g/mol. The SMILES string of the molecule is C=C/C(=C\C=C/C)Cn1c(O)c(N=NC2=NC3C(C(=O)N(Cc4ccccc4)C(=O)N3C)N2CC)c2cc(Br)ccc21. The average Bonchev–Trinajstić information content (AvgIpc) is 3.49. The Kier molecular flexibility index (Phi) is 8.39. The van der Waals surface area contributed by atoms with Crippen molar-refractivity contribution in [3.8, 4) is 5.88 Å². The number of aromatic hydroxyl groups is 1. The molecule has 42 heavy (non-hydrogen) atoms. The molecule has 0 aliphatic carbocycles. The number of hydrogen-bond donors (Lipinski definition) is 1. The zero-order chi connectivity index (χ0) is 30.0. The van der Waals surface area contributed by atoms with Crippen LogP contribution < -0.4 is 0 Å². The minimum Gasteiger partial charge on any atom is -0.493 e. The Morgan fingerprint density at radius 3 is 2.62 bits per heavy atom. The lowest BCUT2D eigenvalue weighted by molar-refractivity contribution is -0.138. The molecule has 3 amide bonds. The van der Waals surface area contributed by atoms with Gasteiger partial charge in [0.1, 0.15) is 0 Å². The summed E-state index contributed by atoms with van der Waals surface area (Å²) in [6.07, 6.45) is 6.78. The molecule has 3 heterocycles. The second-order valence-electron chi connectivity index (χ2n) is 9.97. The van der Waals surface area contributed by atoms with Crippen molar-refractivity contribution in [3.63, 3.8) is 0 Å². The van der Waals surface area contributed by atoms with Crippen LogP contribution in [0.25, 0.3) is 10.9 Å².